The molecule has 84 valence electrons. The molecule has 0 atom stereocenters. The SMILES string of the molecule is Clc1ccc(-c2ccc(-c3cccs3)s2)cc1. The maximum Gasteiger partial charge on any atom is 0.0449 e. The number of halogens is 1. The van der Waals surface area contributed by atoms with Crippen LogP contribution in [0.4, 0.5) is 0 Å². The van der Waals surface area contributed by atoms with E-state index in [9.17, 15) is 0 Å². The number of hydrogen-bond acceptors (Lipinski definition) is 2. The van der Waals surface area contributed by atoms with E-state index in [2.05, 4.69) is 41.8 Å². The van der Waals surface area contributed by atoms with Crippen LogP contribution in [0.2, 0.25) is 5.02 Å². The second kappa shape index (κ2) is 4.65. The van der Waals surface area contributed by atoms with Gasteiger partial charge in [0.2, 0.25) is 0 Å². The quantitative estimate of drug-likeness (QED) is 0.555. The highest BCUT2D eigenvalue weighted by Gasteiger charge is 2.05. The Morgan fingerprint density at radius 2 is 1.53 bits per heavy atom. The smallest absolute Gasteiger partial charge is 0.0449 e. The monoisotopic (exact) mass is 276 g/mol. The van der Waals surface area contributed by atoms with Gasteiger partial charge < -0.3 is 0 Å². The summed E-state index contributed by atoms with van der Waals surface area (Å²) in [6, 6.07) is 16.6. The van der Waals surface area contributed by atoms with Gasteiger partial charge in [0.15, 0.2) is 0 Å². The van der Waals surface area contributed by atoms with Gasteiger partial charge in [-0.05, 0) is 41.3 Å². The summed E-state index contributed by atoms with van der Waals surface area (Å²) in [5.74, 6) is 0. The van der Waals surface area contributed by atoms with Gasteiger partial charge in [-0.15, -0.1) is 22.7 Å². The van der Waals surface area contributed by atoms with Crippen molar-refractivity contribution < 1.29 is 0 Å². The molecule has 2 heterocycles. The van der Waals surface area contributed by atoms with Crippen LogP contribution in [-0.2, 0) is 0 Å². The molecule has 0 aliphatic heterocycles. The van der Waals surface area contributed by atoms with Crippen LogP contribution >= 0.6 is 34.3 Å². The van der Waals surface area contributed by atoms with Crippen molar-refractivity contribution in [1.82, 2.24) is 0 Å². The van der Waals surface area contributed by atoms with E-state index in [0.717, 1.165) is 5.02 Å². The zero-order valence-corrected chi connectivity index (χ0v) is 11.3. The van der Waals surface area contributed by atoms with Gasteiger partial charge in [-0.25, -0.2) is 0 Å². The van der Waals surface area contributed by atoms with Crippen molar-refractivity contribution >= 4 is 34.3 Å². The highest BCUT2D eigenvalue weighted by Crippen LogP contribution is 2.36. The zero-order valence-electron chi connectivity index (χ0n) is 8.89. The molecule has 3 aromatic rings. The molecule has 0 N–H and O–H groups in total. The molecule has 3 heteroatoms. The standard InChI is InChI=1S/C14H9ClS2/c15-11-5-3-10(4-6-11)12-7-8-14(17-12)13-2-1-9-16-13/h1-9H. The molecule has 2 aromatic heterocycles. The maximum absolute atomic E-state index is 5.89. The average Bonchev–Trinajstić information content (AvgIpc) is 3.00. The Morgan fingerprint density at radius 1 is 0.765 bits per heavy atom. The first-order valence-corrected chi connectivity index (χ1v) is 7.30. The van der Waals surface area contributed by atoms with Crippen LogP contribution in [0.1, 0.15) is 0 Å². The van der Waals surface area contributed by atoms with Crippen molar-refractivity contribution in [2.75, 3.05) is 0 Å². The summed E-state index contributed by atoms with van der Waals surface area (Å²) in [6.45, 7) is 0. The lowest BCUT2D eigenvalue weighted by atomic mass is 10.2. The molecule has 0 aliphatic carbocycles. The van der Waals surface area contributed by atoms with Gasteiger partial charge in [0.1, 0.15) is 0 Å². The molecule has 0 fully saturated rings. The Hall–Kier alpha value is -1.09. The molecule has 0 saturated carbocycles. The topological polar surface area (TPSA) is 0 Å². The van der Waals surface area contributed by atoms with Crippen molar-refractivity contribution in [3.8, 4) is 20.2 Å². The molecule has 0 bridgehead atoms. The van der Waals surface area contributed by atoms with Crippen molar-refractivity contribution in [2.45, 2.75) is 0 Å². The molecular formula is C14H9ClS2. The van der Waals surface area contributed by atoms with Gasteiger partial charge in [0.25, 0.3) is 0 Å². The maximum atomic E-state index is 5.89. The molecule has 1 aromatic carbocycles. The number of thiophene rings is 2. The molecule has 0 amide bonds. The molecule has 0 aliphatic rings. The van der Waals surface area contributed by atoms with Crippen LogP contribution in [0.5, 0.6) is 0 Å². The van der Waals surface area contributed by atoms with Gasteiger partial charge in [0.05, 0.1) is 0 Å². The first-order valence-electron chi connectivity index (χ1n) is 5.22. The summed E-state index contributed by atoms with van der Waals surface area (Å²) in [5.41, 5.74) is 1.22. The molecule has 0 radical (unpaired) electrons. The molecule has 0 nitrogen and oxygen atoms in total. The number of hydrogen-bond donors (Lipinski definition) is 0. The van der Waals surface area contributed by atoms with E-state index >= 15 is 0 Å². The molecule has 0 spiro atoms. The van der Waals surface area contributed by atoms with Gasteiger partial charge in [0, 0.05) is 19.7 Å². The van der Waals surface area contributed by atoms with Crippen LogP contribution in [0.3, 0.4) is 0 Å². The van der Waals surface area contributed by atoms with Gasteiger partial charge in [-0.1, -0.05) is 29.8 Å². The number of benzene rings is 1. The summed E-state index contributed by atoms with van der Waals surface area (Å²) < 4.78 is 0. The van der Waals surface area contributed by atoms with Crippen molar-refractivity contribution in [3.63, 3.8) is 0 Å². The van der Waals surface area contributed by atoms with E-state index in [1.54, 1.807) is 11.3 Å². The highest BCUT2D eigenvalue weighted by molar-refractivity contribution is 7.23. The summed E-state index contributed by atoms with van der Waals surface area (Å²) in [6.07, 6.45) is 0. The predicted octanol–water partition coefficient (Wildman–Crippen LogP) is 5.80. The van der Waals surface area contributed by atoms with Gasteiger partial charge in [-0.2, -0.15) is 0 Å². The summed E-state index contributed by atoms with van der Waals surface area (Å²) in [4.78, 5) is 3.94. The lowest BCUT2D eigenvalue weighted by molar-refractivity contribution is 1.70. The predicted molar refractivity (Wildman–Crippen MR) is 78.1 cm³/mol. The van der Waals surface area contributed by atoms with E-state index in [-0.39, 0.29) is 0 Å². The average molecular weight is 277 g/mol. The highest BCUT2D eigenvalue weighted by atomic mass is 35.5. The largest absolute Gasteiger partial charge is 0.143 e. The van der Waals surface area contributed by atoms with Crippen LogP contribution in [0.15, 0.2) is 53.9 Å². The third-order valence-corrected chi connectivity index (χ3v) is 4.95. The van der Waals surface area contributed by atoms with Crippen LogP contribution in [0.25, 0.3) is 20.2 Å². The Labute approximate surface area is 113 Å². The first-order chi connectivity index (χ1) is 8.33. The minimum atomic E-state index is 0.781. The first kappa shape index (κ1) is 11.0. The van der Waals surface area contributed by atoms with Crippen LogP contribution in [-0.4, -0.2) is 0 Å². The minimum absolute atomic E-state index is 0.781. The van der Waals surface area contributed by atoms with E-state index in [1.165, 1.54) is 20.2 Å². The zero-order chi connectivity index (χ0) is 11.7. The fraction of sp³-hybridized carbons (Fsp3) is 0. The van der Waals surface area contributed by atoms with E-state index in [4.69, 9.17) is 11.6 Å². The van der Waals surface area contributed by atoms with Crippen LogP contribution < -0.4 is 0 Å². The molecule has 0 unspecified atom stereocenters. The Bertz CT molecular complexity index is 606. The Kier molecular flexibility index (Phi) is 3.02. The lowest BCUT2D eigenvalue weighted by Gasteiger charge is -1.96. The molecule has 17 heavy (non-hydrogen) atoms. The van der Waals surface area contributed by atoms with Crippen molar-refractivity contribution in [1.29, 1.82) is 0 Å². The van der Waals surface area contributed by atoms with Gasteiger partial charge in [-0.3, -0.25) is 0 Å². The lowest BCUT2D eigenvalue weighted by Crippen LogP contribution is -1.69. The Balaban J connectivity index is 1.98. The second-order valence-corrected chi connectivity index (χ2v) is 6.12. The Morgan fingerprint density at radius 3 is 2.24 bits per heavy atom. The fourth-order valence-corrected chi connectivity index (χ4v) is 3.63. The second-order valence-electron chi connectivity index (χ2n) is 3.65. The molecule has 3 rings (SSSR count). The van der Waals surface area contributed by atoms with Gasteiger partial charge >= 0.3 is 0 Å². The number of rotatable bonds is 2. The van der Waals surface area contributed by atoms with Crippen LogP contribution in [0, 0.1) is 0 Å². The fourth-order valence-electron chi connectivity index (χ4n) is 1.66. The normalized spacial score (nSPS) is 10.6. The van der Waals surface area contributed by atoms with E-state index in [0.29, 0.717) is 0 Å². The van der Waals surface area contributed by atoms with E-state index < -0.39 is 0 Å². The third-order valence-electron chi connectivity index (χ3n) is 2.50. The van der Waals surface area contributed by atoms with Crippen molar-refractivity contribution in [3.05, 3.63) is 58.9 Å². The summed E-state index contributed by atoms with van der Waals surface area (Å²) >= 11 is 9.48. The summed E-state index contributed by atoms with van der Waals surface area (Å²) in [5, 5.41) is 2.89. The van der Waals surface area contributed by atoms with Crippen molar-refractivity contribution in [2.24, 2.45) is 0 Å². The summed E-state index contributed by atoms with van der Waals surface area (Å²) in [7, 11) is 0. The molecular weight excluding hydrogens is 268 g/mol. The third kappa shape index (κ3) is 2.29. The molecule has 0 saturated heterocycles. The van der Waals surface area contributed by atoms with E-state index in [1.807, 2.05) is 23.5 Å². The minimum Gasteiger partial charge on any atom is -0.143 e.